The number of morpholine rings is 1. The van der Waals surface area contributed by atoms with E-state index < -0.39 is 45.9 Å². The number of hydrogen-bond donors (Lipinski definition) is 0. The van der Waals surface area contributed by atoms with Gasteiger partial charge in [0.05, 0.1) is 6.42 Å². The molecule has 126 valence electrons. The van der Waals surface area contributed by atoms with Crippen molar-refractivity contribution in [3.8, 4) is 0 Å². The zero-order chi connectivity index (χ0) is 17.1. The minimum absolute atomic E-state index is 0.536. The third-order valence-electron chi connectivity index (χ3n) is 2.25. The van der Waals surface area contributed by atoms with Crippen LogP contribution in [0.1, 0.15) is 6.42 Å². The van der Waals surface area contributed by atoms with Crippen LogP contribution in [0.15, 0.2) is 0 Å². The molecule has 1 atom stereocenters. The van der Waals surface area contributed by atoms with Gasteiger partial charge in [-0.05, 0) is 22.6 Å². The van der Waals surface area contributed by atoms with Crippen molar-refractivity contribution in [2.45, 2.75) is 41.0 Å². The highest BCUT2D eigenvalue weighted by Gasteiger charge is 2.86. The van der Waals surface area contributed by atoms with Gasteiger partial charge in [-0.2, -0.15) is 43.9 Å². The van der Waals surface area contributed by atoms with Gasteiger partial charge in [-0.15, -0.1) is 4.90 Å². The molecule has 0 radical (unpaired) electrons. The van der Waals surface area contributed by atoms with Crippen molar-refractivity contribution in [3.05, 3.63) is 0 Å². The van der Waals surface area contributed by atoms with Crippen molar-refractivity contribution in [1.82, 2.24) is 4.90 Å². The lowest BCUT2D eigenvalue weighted by Gasteiger charge is -2.49. The first-order chi connectivity index (χ1) is 8.99. The molecule has 1 aliphatic heterocycles. The van der Waals surface area contributed by atoms with E-state index in [0.29, 0.717) is 22.6 Å². The van der Waals surface area contributed by atoms with Crippen molar-refractivity contribution < 1.29 is 53.0 Å². The molecule has 1 rings (SSSR count). The predicted molar refractivity (Wildman–Crippen MR) is 51.2 cm³/mol. The third-order valence-corrected chi connectivity index (χ3v) is 2.69. The summed E-state index contributed by atoms with van der Waals surface area (Å²) in [5.41, 5.74) is 0. The Kier molecular flexibility index (Phi) is 4.45. The Balaban J connectivity index is 3.47. The van der Waals surface area contributed by atoms with Crippen molar-refractivity contribution in [1.29, 1.82) is 0 Å². The Bertz CT molecular complexity index is 385. The molecule has 0 aliphatic carbocycles. The molecule has 0 aromatic carbocycles. The van der Waals surface area contributed by atoms with Gasteiger partial charge in [0.15, 0.2) is 4.18 Å². The second-order valence-corrected chi connectivity index (χ2v) is 5.17. The molecule has 0 aromatic rings. The summed E-state index contributed by atoms with van der Waals surface area (Å²) in [6.07, 6.45) is -15.2. The first-order valence-electron chi connectivity index (χ1n) is 4.67. The van der Waals surface area contributed by atoms with Gasteiger partial charge in [-0.3, -0.25) is 0 Å². The minimum Gasteiger partial charge on any atom is -0.243 e. The van der Waals surface area contributed by atoms with Gasteiger partial charge in [-0.25, -0.2) is 9.13 Å². The molecule has 1 saturated heterocycles. The van der Waals surface area contributed by atoms with Gasteiger partial charge in [0.1, 0.15) is 0 Å². The first kappa shape index (κ1) is 18.9. The van der Waals surface area contributed by atoms with Gasteiger partial charge < -0.3 is 0 Å². The van der Waals surface area contributed by atoms with Crippen LogP contribution in [0.4, 0.5) is 48.3 Å². The molecule has 0 saturated carbocycles. The summed E-state index contributed by atoms with van der Waals surface area (Å²) in [4.78, 5) is -3.01. The quantitative estimate of drug-likeness (QED) is 0.272. The van der Waals surface area contributed by atoms with Crippen LogP contribution in [0.5, 0.6) is 0 Å². The van der Waals surface area contributed by atoms with Gasteiger partial charge in [0.2, 0.25) is 0 Å². The third kappa shape index (κ3) is 2.89. The van der Waals surface area contributed by atoms with Crippen LogP contribution in [0.3, 0.4) is 0 Å². The maximum Gasteiger partial charge on any atom is 0.439 e. The minimum atomic E-state index is -6.52. The van der Waals surface area contributed by atoms with E-state index in [1.54, 1.807) is 0 Å². The summed E-state index contributed by atoms with van der Waals surface area (Å²) in [6.45, 7) is 0. The molecular formula is C7H3F11INO. The molecule has 1 unspecified atom stereocenters. The first-order valence-corrected chi connectivity index (χ1v) is 5.91. The van der Waals surface area contributed by atoms with Gasteiger partial charge >= 0.3 is 30.4 Å². The Labute approximate surface area is 122 Å². The Morgan fingerprint density at radius 1 is 0.905 bits per heavy atom. The number of halogens is 12. The number of ether oxygens (including phenoxy) is 1. The van der Waals surface area contributed by atoms with Crippen molar-refractivity contribution in [2.24, 2.45) is 0 Å². The smallest absolute Gasteiger partial charge is 0.243 e. The summed E-state index contributed by atoms with van der Waals surface area (Å²) >= 11 is 0.536. The molecule has 1 fully saturated rings. The summed E-state index contributed by atoms with van der Waals surface area (Å²) in [7, 11) is 0. The normalized spacial score (nSPS) is 29.1. The zero-order valence-electron chi connectivity index (χ0n) is 9.18. The lowest BCUT2D eigenvalue weighted by Crippen LogP contribution is -2.77. The van der Waals surface area contributed by atoms with Crippen LogP contribution < -0.4 is 0 Å². The summed E-state index contributed by atoms with van der Waals surface area (Å²) in [5, 5.41) is 0. The number of nitrogens with zero attached hydrogens (tertiary/aromatic N) is 1. The molecule has 1 aliphatic rings. The predicted octanol–water partition coefficient (Wildman–Crippen LogP) is 4.40. The summed E-state index contributed by atoms with van der Waals surface area (Å²) in [6, 6.07) is -18.8. The van der Waals surface area contributed by atoms with Crippen LogP contribution in [-0.4, -0.2) is 39.4 Å². The van der Waals surface area contributed by atoms with E-state index in [9.17, 15) is 48.3 Å². The second kappa shape index (κ2) is 4.94. The average Bonchev–Trinajstić information content (AvgIpc) is 2.08. The molecule has 0 N–H and O–H groups in total. The fraction of sp³-hybridized carbons (Fsp3) is 1.00. The van der Waals surface area contributed by atoms with E-state index in [4.69, 9.17) is 0 Å². The Morgan fingerprint density at radius 2 is 1.24 bits per heavy atom. The fourth-order valence-corrected chi connectivity index (χ4v) is 1.94. The van der Waals surface area contributed by atoms with Crippen molar-refractivity contribution in [3.63, 3.8) is 0 Å². The van der Waals surface area contributed by atoms with Crippen LogP contribution in [0, 0.1) is 0 Å². The molecule has 0 spiro atoms. The summed E-state index contributed by atoms with van der Waals surface area (Å²) in [5.74, 6) is 0. The van der Waals surface area contributed by atoms with Crippen LogP contribution in [0.25, 0.3) is 0 Å². The summed E-state index contributed by atoms with van der Waals surface area (Å²) < 4.78 is 141. The zero-order valence-corrected chi connectivity index (χ0v) is 11.3. The SMILES string of the molecule is FC(I)CC(F)(F)N1C(F)(F)C(F)(F)OC(F)(F)C1(F)F. The molecule has 0 amide bonds. The molecule has 14 heteroatoms. The molecule has 2 nitrogen and oxygen atoms in total. The molecule has 0 bridgehead atoms. The van der Waals surface area contributed by atoms with Crippen LogP contribution >= 0.6 is 22.6 Å². The van der Waals surface area contributed by atoms with E-state index in [1.807, 2.05) is 4.74 Å². The standard InChI is InChI=1S/C7H3F11INO/c8-2(19)1-3(9,10)20-4(11,12)6(15,16)21-7(17,18)5(20,13)14/h2H,1H2. The topological polar surface area (TPSA) is 12.5 Å². The molecule has 21 heavy (non-hydrogen) atoms. The highest BCUT2D eigenvalue weighted by Crippen LogP contribution is 2.59. The highest BCUT2D eigenvalue weighted by atomic mass is 127. The van der Waals surface area contributed by atoms with E-state index in [1.165, 1.54) is 0 Å². The van der Waals surface area contributed by atoms with Gasteiger partial charge in [0.25, 0.3) is 0 Å². The fourth-order valence-electron chi connectivity index (χ4n) is 1.41. The molecule has 1 heterocycles. The maximum absolute atomic E-state index is 13.2. The lowest BCUT2D eigenvalue weighted by molar-refractivity contribution is -0.585. The highest BCUT2D eigenvalue weighted by molar-refractivity contribution is 14.1. The van der Waals surface area contributed by atoms with E-state index >= 15 is 0 Å². The van der Waals surface area contributed by atoms with Gasteiger partial charge in [-0.1, -0.05) is 0 Å². The second-order valence-electron chi connectivity index (χ2n) is 3.81. The number of rotatable bonds is 3. The maximum atomic E-state index is 13.2. The van der Waals surface area contributed by atoms with Gasteiger partial charge in [0, 0.05) is 0 Å². The van der Waals surface area contributed by atoms with E-state index in [-0.39, 0.29) is 0 Å². The molecular weight excluding hydrogens is 450 g/mol. The van der Waals surface area contributed by atoms with Crippen LogP contribution in [0.2, 0.25) is 0 Å². The van der Waals surface area contributed by atoms with E-state index in [0.717, 1.165) is 0 Å². The van der Waals surface area contributed by atoms with Crippen LogP contribution in [-0.2, 0) is 4.74 Å². The van der Waals surface area contributed by atoms with Crippen molar-refractivity contribution in [2.75, 3.05) is 0 Å². The average molecular weight is 453 g/mol. The largest absolute Gasteiger partial charge is 0.439 e. The van der Waals surface area contributed by atoms with E-state index in [2.05, 4.69) is 0 Å². The Hall–Kier alpha value is -0.120. The number of hydrogen-bond acceptors (Lipinski definition) is 2. The Morgan fingerprint density at radius 3 is 1.52 bits per heavy atom. The lowest BCUT2D eigenvalue weighted by atomic mass is 10.2. The monoisotopic (exact) mass is 453 g/mol. The molecule has 0 aromatic heterocycles. The van der Waals surface area contributed by atoms with Crippen molar-refractivity contribution >= 4 is 22.6 Å². The number of alkyl halides is 12.